The molecule has 1 saturated heterocycles. The summed E-state index contributed by atoms with van der Waals surface area (Å²) in [6, 6.07) is 6.36. The third-order valence-corrected chi connectivity index (χ3v) is 4.05. The van der Waals surface area contributed by atoms with Gasteiger partial charge in [-0.2, -0.15) is 0 Å². The number of hydrogen-bond donors (Lipinski definition) is 0. The number of aromatic nitrogens is 1. The molecule has 1 aromatic rings. The van der Waals surface area contributed by atoms with Crippen LogP contribution in [0.1, 0.15) is 31.4 Å². The van der Waals surface area contributed by atoms with Gasteiger partial charge in [0.1, 0.15) is 0 Å². The minimum atomic E-state index is 0.268. The summed E-state index contributed by atoms with van der Waals surface area (Å²) in [4.78, 5) is 20.9. The highest BCUT2D eigenvalue weighted by Gasteiger charge is 2.22. The molecule has 0 radical (unpaired) electrons. The molecule has 4 heteroatoms. The standard InChI is InChI=1S/C16H25N3O/c1-18(2)15-8-4-6-12-19(13-15)16(20)10-9-14-7-3-5-11-17-14/h3,5,7,11,15H,4,6,8-10,12-13H2,1-2H3/t15-/m0/s1. The van der Waals surface area contributed by atoms with E-state index in [0.717, 1.165) is 31.6 Å². The number of carbonyl (C=O) groups is 1. The fourth-order valence-electron chi connectivity index (χ4n) is 2.71. The summed E-state index contributed by atoms with van der Waals surface area (Å²) in [6.07, 6.45) is 6.62. The van der Waals surface area contributed by atoms with Crippen LogP contribution in [0.4, 0.5) is 0 Å². The zero-order valence-electron chi connectivity index (χ0n) is 12.6. The van der Waals surface area contributed by atoms with Crippen LogP contribution >= 0.6 is 0 Å². The van der Waals surface area contributed by atoms with Crippen LogP contribution < -0.4 is 0 Å². The van der Waals surface area contributed by atoms with Gasteiger partial charge in [0.25, 0.3) is 0 Å². The average molecular weight is 275 g/mol. The fraction of sp³-hybridized carbons (Fsp3) is 0.625. The molecule has 0 N–H and O–H groups in total. The number of rotatable bonds is 4. The summed E-state index contributed by atoms with van der Waals surface area (Å²) in [5, 5.41) is 0. The van der Waals surface area contributed by atoms with Gasteiger partial charge in [0, 0.05) is 37.4 Å². The molecule has 2 heterocycles. The molecule has 20 heavy (non-hydrogen) atoms. The summed E-state index contributed by atoms with van der Waals surface area (Å²) in [5.74, 6) is 0.268. The van der Waals surface area contributed by atoms with Gasteiger partial charge in [-0.1, -0.05) is 12.5 Å². The van der Waals surface area contributed by atoms with Gasteiger partial charge < -0.3 is 9.80 Å². The number of likely N-dealkylation sites (tertiary alicyclic amines) is 1. The first kappa shape index (κ1) is 15.0. The van der Waals surface area contributed by atoms with Gasteiger partial charge in [-0.05, 0) is 45.5 Å². The van der Waals surface area contributed by atoms with Gasteiger partial charge in [-0.3, -0.25) is 9.78 Å². The van der Waals surface area contributed by atoms with Crippen molar-refractivity contribution in [1.29, 1.82) is 0 Å². The lowest BCUT2D eigenvalue weighted by Crippen LogP contribution is -2.42. The molecule has 2 rings (SSSR count). The largest absolute Gasteiger partial charge is 0.341 e. The van der Waals surface area contributed by atoms with Gasteiger partial charge in [-0.15, -0.1) is 0 Å². The number of pyridine rings is 1. The molecule has 1 atom stereocenters. The van der Waals surface area contributed by atoms with E-state index in [2.05, 4.69) is 24.0 Å². The number of likely N-dealkylation sites (N-methyl/N-ethyl adjacent to an activating group) is 1. The Morgan fingerprint density at radius 2 is 2.25 bits per heavy atom. The molecule has 0 spiro atoms. The SMILES string of the molecule is CN(C)[C@H]1CCCCN(C(=O)CCc2ccccn2)C1. The summed E-state index contributed by atoms with van der Waals surface area (Å²) < 4.78 is 0. The highest BCUT2D eigenvalue weighted by Crippen LogP contribution is 2.15. The van der Waals surface area contributed by atoms with Crippen LogP contribution in [0.15, 0.2) is 24.4 Å². The van der Waals surface area contributed by atoms with Crippen LogP contribution in [0.5, 0.6) is 0 Å². The summed E-state index contributed by atoms with van der Waals surface area (Å²) in [5.41, 5.74) is 1.000. The Balaban J connectivity index is 1.87. The minimum Gasteiger partial charge on any atom is -0.341 e. The predicted molar refractivity (Wildman–Crippen MR) is 80.5 cm³/mol. The second kappa shape index (κ2) is 7.39. The Morgan fingerprint density at radius 1 is 1.40 bits per heavy atom. The molecule has 0 bridgehead atoms. The van der Waals surface area contributed by atoms with E-state index in [0.29, 0.717) is 12.5 Å². The van der Waals surface area contributed by atoms with Crippen LogP contribution in [0, 0.1) is 0 Å². The van der Waals surface area contributed by atoms with Gasteiger partial charge >= 0.3 is 0 Å². The second-order valence-corrected chi connectivity index (χ2v) is 5.77. The van der Waals surface area contributed by atoms with Crippen molar-refractivity contribution in [1.82, 2.24) is 14.8 Å². The minimum absolute atomic E-state index is 0.268. The van der Waals surface area contributed by atoms with E-state index in [1.54, 1.807) is 6.20 Å². The molecule has 0 saturated carbocycles. The highest BCUT2D eigenvalue weighted by atomic mass is 16.2. The Bertz CT molecular complexity index is 419. The van der Waals surface area contributed by atoms with E-state index >= 15 is 0 Å². The van der Waals surface area contributed by atoms with E-state index in [9.17, 15) is 4.79 Å². The molecule has 0 aromatic carbocycles. The topological polar surface area (TPSA) is 36.4 Å². The highest BCUT2D eigenvalue weighted by molar-refractivity contribution is 5.76. The molecule has 1 amide bonds. The Hall–Kier alpha value is -1.42. The average Bonchev–Trinajstić information content (AvgIpc) is 2.72. The Morgan fingerprint density at radius 3 is 2.95 bits per heavy atom. The summed E-state index contributed by atoms with van der Waals surface area (Å²) in [6.45, 7) is 1.78. The molecule has 0 unspecified atom stereocenters. The van der Waals surface area contributed by atoms with Crippen molar-refractivity contribution in [2.75, 3.05) is 27.2 Å². The molecular weight excluding hydrogens is 250 g/mol. The van der Waals surface area contributed by atoms with Crippen LogP contribution in [-0.4, -0.2) is 53.9 Å². The number of nitrogens with zero attached hydrogens (tertiary/aromatic N) is 3. The van der Waals surface area contributed by atoms with Crippen molar-refractivity contribution >= 4 is 5.91 Å². The summed E-state index contributed by atoms with van der Waals surface area (Å²) >= 11 is 0. The first-order valence-electron chi connectivity index (χ1n) is 7.51. The van der Waals surface area contributed by atoms with Crippen LogP contribution in [0.25, 0.3) is 0 Å². The van der Waals surface area contributed by atoms with Crippen molar-refractivity contribution in [3.63, 3.8) is 0 Å². The molecule has 1 fully saturated rings. The lowest BCUT2D eigenvalue weighted by atomic mass is 10.1. The van der Waals surface area contributed by atoms with E-state index in [1.165, 1.54) is 12.8 Å². The number of carbonyl (C=O) groups excluding carboxylic acids is 1. The van der Waals surface area contributed by atoms with E-state index in [1.807, 2.05) is 23.1 Å². The fourth-order valence-corrected chi connectivity index (χ4v) is 2.71. The maximum Gasteiger partial charge on any atom is 0.223 e. The number of hydrogen-bond acceptors (Lipinski definition) is 3. The van der Waals surface area contributed by atoms with Crippen molar-refractivity contribution < 1.29 is 4.79 Å². The normalized spacial score (nSPS) is 19.9. The first-order chi connectivity index (χ1) is 9.66. The van der Waals surface area contributed by atoms with Crippen molar-refractivity contribution in [3.8, 4) is 0 Å². The molecule has 110 valence electrons. The zero-order valence-corrected chi connectivity index (χ0v) is 12.6. The van der Waals surface area contributed by atoms with Crippen molar-refractivity contribution in [2.45, 2.75) is 38.1 Å². The van der Waals surface area contributed by atoms with Gasteiger partial charge in [-0.25, -0.2) is 0 Å². The maximum absolute atomic E-state index is 12.4. The summed E-state index contributed by atoms with van der Waals surface area (Å²) in [7, 11) is 4.21. The van der Waals surface area contributed by atoms with Crippen molar-refractivity contribution in [3.05, 3.63) is 30.1 Å². The van der Waals surface area contributed by atoms with Gasteiger partial charge in [0.2, 0.25) is 5.91 Å². The Labute approximate surface area is 121 Å². The van der Waals surface area contributed by atoms with E-state index < -0.39 is 0 Å². The molecule has 1 aromatic heterocycles. The molecule has 1 aliphatic rings. The van der Waals surface area contributed by atoms with Gasteiger partial charge in [0.05, 0.1) is 0 Å². The molecular formula is C16H25N3O. The lowest BCUT2D eigenvalue weighted by molar-refractivity contribution is -0.131. The van der Waals surface area contributed by atoms with E-state index in [4.69, 9.17) is 0 Å². The number of amides is 1. The predicted octanol–water partition coefficient (Wildman–Crippen LogP) is 1.96. The molecule has 0 aliphatic carbocycles. The van der Waals surface area contributed by atoms with Crippen LogP contribution in [0.2, 0.25) is 0 Å². The maximum atomic E-state index is 12.4. The van der Waals surface area contributed by atoms with E-state index in [-0.39, 0.29) is 5.91 Å². The van der Waals surface area contributed by atoms with Crippen LogP contribution in [-0.2, 0) is 11.2 Å². The zero-order chi connectivity index (χ0) is 14.4. The van der Waals surface area contributed by atoms with Crippen LogP contribution in [0.3, 0.4) is 0 Å². The Kier molecular flexibility index (Phi) is 5.53. The van der Waals surface area contributed by atoms with Gasteiger partial charge in [0.15, 0.2) is 0 Å². The smallest absolute Gasteiger partial charge is 0.223 e. The second-order valence-electron chi connectivity index (χ2n) is 5.77. The van der Waals surface area contributed by atoms with Crippen molar-refractivity contribution in [2.24, 2.45) is 0 Å². The third-order valence-electron chi connectivity index (χ3n) is 4.05. The quantitative estimate of drug-likeness (QED) is 0.843. The molecule has 1 aliphatic heterocycles. The monoisotopic (exact) mass is 275 g/mol. The third kappa shape index (κ3) is 4.30. The number of aryl methyl sites for hydroxylation is 1. The first-order valence-corrected chi connectivity index (χ1v) is 7.51. The lowest BCUT2D eigenvalue weighted by Gasteiger charge is -2.28. The molecule has 4 nitrogen and oxygen atoms in total.